The Bertz CT molecular complexity index is 839. The van der Waals surface area contributed by atoms with Crippen LogP contribution in [0.2, 0.25) is 0 Å². The number of nitrogens with one attached hydrogen (secondary N) is 1. The molecule has 3 rings (SSSR count). The van der Waals surface area contributed by atoms with Crippen LogP contribution in [0.3, 0.4) is 0 Å². The van der Waals surface area contributed by atoms with Crippen LogP contribution in [-0.4, -0.2) is 15.0 Å². The number of aryl methyl sites for hydroxylation is 1. The van der Waals surface area contributed by atoms with E-state index in [9.17, 15) is 8.42 Å². The van der Waals surface area contributed by atoms with Gasteiger partial charge in [0.2, 0.25) is 10.0 Å². The molecule has 0 atom stereocenters. The number of benzene rings is 2. The van der Waals surface area contributed by atoms with E-state index >= 15 is 0 Å². The molecule has 0 saturated heterocycles. The lowest BCUT2D eigenvalue weighted by atomic mass is 9.95. The van der Waals surface area contributed by atoms with Crippen molar-refractivity contribution < 1.29 is 8.42 Å². The van der Waals surface area contributed by atoms with Crippen LogP contribution in [0.15, 0.2) is 47.4 Å². The van der Waals surface area contributed by atoms with E-state index in [4.69, 9.17) is 5.14 Å². The summed E-state index contributed by atoms with van der Waals surface area (Å²) in [5.74, 6) is 0. The molecule has 0 aliphatic carbocycles. The van der Waals surface area contributed by atoms with Crippen molar-refractivity contribution in [3.63, 3.8) is 0 Å². The highest BCUT2D eigenvalue weighted by molar-refractivity contribution is 7.89. The molecule has 1 aliphatic rings. The monoisotopic (exact) mass is 300 g/mol. The average molecular weight is 300 g/mol. The summed E-state index contributed by atoms with van der Waals surface area (Å²) in [4.78, 5) is 0.176. The summed E-state index contributed by atoms with van der Waals surface area (Å²) in [6.45, 7) is 2.47. The second kappa shape index (κ2) is 5.02. The molecule has 4 nitrogen and oxygen atoms in total. The van der Waals surface area contributed by atoms with Crippen molar-refractivity contribution in [2.75, 3.05) is 11.9 Å². The Balaban J connectivity index is 2.21. The van der Waals surface area contributed by atoms with Crippen LogP contribution >= 0.6 is 0 Å². The Labute approximate surface area is 124 Å². The maximum atomic E-state index is 11.8. The first-order valence-electron chi connectivity index (χ1n) is 6.63. The van der Waals surface area contributed by atoms with Gasteiger partial charge in [0.05, 0.1) is 4.90 Å². The molecule has 0 spiro atoms. The van der Waals surface area contributed by atoms with Crippen molar-refractivity contribution in [2.24, 2.45) is 5.14 Å². The third-order valence-corrected chi connectivity index (χ3v) is 4.58. The third-order valence-electron chi connectivity index (χ3n) is 3.62. The van der Waals surface area contributed by atoms with Crippen molar-refractivity contribution in [3.05, 3.63) is 59.2 Å². The van der Waals surface area contributed by atoms with E-state index in [1.54, 1.807) is 12.1 Å². The highest BCUT2D eigenvalue weighted by Crippen LogP contribution is 2.32. The summed E-state index contributed by atoms with van der Waals surface area (Å²) in [5, 5.41) is 8.67. The molecule has 1 heterocycles. The molecule has 0 saturated carbocycles. The largest absolute Gasteiger partial charge is 0.380 e. The van der Waals surface area contributed by atoms with Gasteiger partial charge in [-0.1, -0.05) is 30.3 Å². The molecule has 3 N–H and O–H groups in total. The molecule has 0 unspecified atom stereocenters. The van der Waals surface area contributed by atoms with E-state index in [1.807, 2.05) is 43.3 Å². The highest BCUT2D eigenvalue weighted by atomic mass is 32.2. The quantitative estimate of drug-likeness (QED) is 0.895. The van der Waals surface area contributed by atoms with Crippen molar-refractivity contribution in [2.45, 2.75) is 11.8 Å². The van der Waals surface area contributed by atoms with E-state index in [-0.39, 0.29) is 4.90 Å². The summed E-state index contributed by atoms with van der Waals surface area (Å²) < 4.78 is 23.6. The Morgan fingerprint density at radius 1 is 1.10 bits per heavy atom. The highest BCUT2D eigenvalue weighted by Gasteiger charge is 2.20. The fourth-order valence-corrected chi connectivity index (χ4v) is 3.51. The molecule has 21 heavy (non-hydrogen) atoms. The van der Waals surface area contributed by atoms with E-state index in [0.717, 1.165) is 22.4 Å². The van der Waals surface area contributed by atoms with Crippen LogP contribution in [0.4, 0.5) is 5.69 Å². The number of anilines is 1. The molecule has 0 bridgehead atoms. The van der Waals surface area contributed by atoms with Gasteiger partial charge in [-0.05, 0) is 41.8 Å². The molecule has 0 radical (unpaired) electrons. The van der Waals surface area contributed by atoms with Gasteiger partial charge in [-0.15, -0.1) is 0 Å². The predicted molar refractivity (Wildman–Crippen MR) is 85.4 cm³/mol. The summed E-state index contributed by atoms with van der Waals surface area (Å²) in [7, 11) is -3.75. The van der Waals surface area contributed by atoms with Gasteiger partial charge in [0.15, 0.2) is 0 Å². The van der Waals surface area contributed by atoms with Gasteiger partial charge in [0.1, 0.15) is 0 Å². The number of sulfonamides is 1. The van der Waals surface area contributed by atoms with Crippen LogP contribution in [0.5, 0.6) is 0 Å². The van der Waals surface area contributed by atoms with Crippen molar-refractivity contribution in [1.29, 1.82) is 0 Å². The molecule has 0 fully saturated rings. The molecule has 5 heteroatoms. The molecule has 2 aromatic carbocycles. The minimum absolute atomic E-state index is 0.176. The normalized spacial score (nSPS) is 14.1. The van der Waals surface area contributed by atoms with Gasteiger partial charge in [-0.2, -0.15) is 0 Å². The van der Waals surface area contributed by atoms with Gasteiger partial charge in [0.25, 0.3) is 0 Å². The van der Waals surface area contributed by atoms with Crippen LogP contribution in [0.1, 0.15) is 16.7 Å². The average Bonchev–Trinajstić information content (AvgIpc) is 2.45. The second-order valence-corrected chi connectivity index (χ2v) is 6.63. The standard InChI is InChI=1S/C16H16N2O2S/c1-11-5-4-8-15(21(17,19)20)16(11)13-9-12-6-2-3-7-14(12)18-10-13/h2-9,18H,10H2,1H3,(H2,17,19,20). The van der Waals surface area contributed by atoms with Crippen molar-refractivity contribution in [1.82, 2.24) is 0 Å². The zero-order valence-corrected chi connectivity index (χ0v) is 12.4. The van der Waals surface area contributed by atoms with Crippen LogP contribution in [-0.2, 0) is 10.0 Å². The van der Waals surface area contributed by atoms with Gasteiger partial charge in [0, 0.05) is 17.8 Å². The number of para-hydroxylation sites is 1. The Morgan fingerprint density at radius 2 is 1.86 bits per heavy atom. The SMILES string of the molecule is Cc1cccc(S(N)(=O)=O)c1C1=Cc2ccccc2NC1. The Kier molecular flexibility index (Phi) is 3.31. The summed E-state index contributed by atoms with van der Waals surface area (Å²) >= 11 is 0. The first-order chi connectivity index (χ1) is 9.97. The van der Waals surface area contributed by atoms with Crippen molar-refractivity contribution in [3.8, 4) is 0 Å². The van der Waals surface area contributed by atoms with Gasteiger partial charge < -0.3 is 5.32 Å². The second-order valence-electron chi connectivity index (χ2n) is 5.10. The van der Waals surface area contributed by atoms with E-state index in [2.05, 4.69) is 5.32 Å². The smallest absolute Gasteiger partial charge is 0.238 e. The maximum Gasteiger partial charge on any atom is 0.238 e. The minimum atomic E-state index is -3.75. The number of hydrogen-bond acceptors (Lipinski definition) is 3. The molecule has 0 amide bonds. The van der Waals surface area contributed by atoms with Crippen LogP contribution < -0.4 is 10.5 Å². The maximum absolute atomic E-state index is 11.8. The summed E-state index contributed by atoms with van der Waals surface area (Å²) in [5.41, 5.74) is 4.61. The lowest BCUT2D eigenvalue weighted by Crippen LogP contribution is -2.18. The van der Waals surface area contributed by atoms with E-state index < -0.39 is 10.0 Å². The van der Waals surface area contributed by atoms with Gasteiger partial charge in [-0.3, -0.25) is 0 Å². The molecular weight excluding hydrogens is 284 g/mol. The Hall–Kier alpha value is -2.11. The van der Waals surface area contributed by atoms with Crippen LogP contribution in [0.25, 0.3) is 11.6 Å². The van der Waals surface area contributed by atoms with E-state index in [1.165, 1.54) is 0 Å². The first kappa shape index (κ1) is 13.9. The van der Waals surface area contributed by atoms with Crippen LogP contribution in [0, 0.1) is 6.92 Å². The molecule has 108 valence electrons. The molecular formula is C16H16N2O2S. The zero-order chi connectivity index (χ0) is 15.0. The molecule has 1 aliphatic heterocycles. The summed E-state index contributed by atoms with van der Waals surface area (Å²) in [6, 6.07) is 13.1. The Morgan fingerprint density at radius 3 is 2.62 bits per heavy atom. The first-order valence-corrected chi connectivity index (χ1v) is 8.18. The van der Waals surface area contributed by atoms with E-state index in [0.29, 0.717) is 12.1 Å². The number of fused-ring (bicyclic) bond motifs is 1. The third kappa shape index (κ3) is 2.57. The lowest BCUT2D eigenvalue weighted by molar-refractivity contribution is 0.597. The number of primary sulfonamides is 1. The fraction of sp³-hybridized carbons (Fsp3) is 0.125. The number of hydrogen-bond donors (Lipinski definition) is 2. The van der Waals surface area contributed by atoms with Crippen molar-refractivity contribution >= 4 is 27.4 Å². The van der Waals surface area contributed by atoms with Gasteiger partial charge in [-0.25, -0.2) is 13.6 Å². The predicted octanol–water partition coefficient (Wildman–Crippen LogP) is 2.61. The summed E-state index contributed by atoms with van der Waals surface area (Å²) in [6.07, 6.45) is 2.02. The lowest BCUT2D eigenvalue weighted by Gasteiger charge is -2.21. The number of rotatable bonds is 2. The fourth-order valence-electron chi connectivity index (χ4n) is 2.66. The molecule has 0 aromatic heterocycles. The zero-order valence-electron chi connectivity index (χ0n) is 11.6. The topological polar surface area (TPSA) is 72.2 Å². The number of nitrogens with two attached hydrogens (primary N) is 1. The minimum Gasteiger partial charge on any atom is -0.380 e. The van der Waals surface area contributed by atoms with Gasteiger partial charge >= 0.3 is 0 Å². The molecule has 2 aromatic rings.